The van der Waals surface area contributed by atoms with Crippen LogP contribution in [0, 0.1) is 11.7 Å². The molecule has 1 aliphatic rings. The number of halogens is 1. The maximum absolute atomic E-state index is 12.7. The SMILES string of the molecule is O=C(CCNC(=O)c1ccc(F)cc1)NCC1CNC1. The van der Waals surface area contributed by atoms with E-state index in [2.05, 4.69) is 16.0 Å². The van der Waals surface area contributed by atoms with Gasteiger partial charge < -0.3 is 16.0 Å². The van der Waals surface area contributed by atoms with E-state index in [0.717, 1.165) is 13.1 Å². The van der Waals surface area contributed by atoms with Crippen LogP contribution in [-0.2, 0) is 4.79 Å². The maximum atomic E-state index is 12.7. The number of amides is 2. The molecule has 1 fully saturated rings. The number of carbonyl (C=O) groups excluding carboxylic acids is 2. The summed E-state index contributed by atoms with van der Waals surface area (Å²) in [6.07, 6.45) is 0.243. The third-order valence-electron chi connectivity index (χ3n) is 3.20. The summed E-state index contributed by atoms with van der Waals surface area (Å²) in [4.78, 5) is 23.2. The Hall–Kier alpha value is -1.95. The van der Waals surface area contributed by atoms with E-state index in [1.165, 1.54) is 24.3 Å². The Balaban J connectivity index is 1.63. The Morgan fingerprint density at radius 1 is 1.20 bits per heavy atom. The lowest BCUT2D eigenvalue weighted by atomic mass is 10.0. The lowest BCUT2D eigenvalue weighted by molar-refractivity contribution is -0.121. The number of rotatable bonds is 6. The first-order chi connectivity index (χ1) is 9.65. The molecule has 1 aromatic carbocycles. The minimum absolute atomic E-state index is 0.0729. The molecule has 2 rings (SSSR count). The van der Waals surface area contributed by atoms with Crippen molar-refractivity contribution in [2.75, 3.05) is 26.2 Å². The van der Waals surface area contributed by atoms with Gasteiger partial charge in [0.25, 0.3) is 5.91 Å². The molecule has 1 aliphatic heterocycles. The van der Waals surface area contributed by atoms with Crippen LogP contribution >= 0.6 is 0 Å². The molecule has 0 spiro atoms. The molecule has 0 aliphatic carbocycles. The van der Waals surface area contributed by atoms with Gasteiger partial charge in [0.2, 0.25) is 5.91 Å². The first kappa shape index (κ1) is 14.5. The van der Waals surface area contributed by atoms with E-state index in [-0.39, 0.29) is 30.6 Å². The minimum Gasteiger partial charge on any atom is -0.356 e. The summed E-state index contributed by atoms with van der Waals surface area (Å²) in [6, 6.07) is 5.28. The average molecular weight is 279 g/mol. The molecular weight excluding hydrogens is 261 g/mol. The summed E-state index contributed by atoms with van der Waals surface area (Å²) in [5.74, 6) is -0.239. The van der Waals surface area contributed by atoms with Crippen LogP contribution in [0.25, 0.3) is 0 Å². The molecule has 6 heteroatoms. The Labute approximate surface area is 116 Å². The van der Waals surface area contributed by atoms with E-state index in [4.69, 9.17) is 0 Å². The van der Waals surface area contributed by atoms with Crippen LogP contribution in [0.1, 0.15) is 16.8 Å². The van der Waals surface area contributed by atoms with Gasteiger partial charge in [0.05, 0.1) is 0 Å². The van der Waals surface area contributed by atoms with Crippen molar-refractivity contribution in [2.45, 2.75) is 6.42 Å². The molecule has 20 heavy (non-hydrogen) atoms. The van der Waals surface area contributed by atoms with E-state index in [1.807, 2.05) is 0 Å². The van der Waals surface area contributed by atoms with Gasteiger partial charge in [-0.3, -0.25) is 9.59 Å². The van der Waals surface area contributed by atoms with Gasteiger partial charge in [-0.15, -0.1) is 0 Å². The lowest BCUT2D eigenvalue weighted by Crippen LogP contribution is -2.48. The number of carbonyl (C=O) groups is 2. The van der Waals surface area contributed by atoms with Gasteiger partial charge >= 0.3 is 0 Å². The van der Waals surface area contributed by atoms with E-state index in [1.54, 1.807) is 0 Å². The van der Waals surface area contributed by atoms with Gasteiger partial charge in [-0.05, 0) is 24.3 Å². The van der Waals surface area contributed by atoms with Crippen LogP contribution in [0.2, 0.25) is 0 Å². The van der Waals surface area contributed by atoms with Crippen molar-refractivity contribution in [1.29, 1.82) is 0 Å². The van der Waals surface area contributed by atoms with Gasteiger partial charge in [0, 0.05) is 44.1 Å². The second-order valence-electron chi connectivity index (χ2n) is 4.84. The van der Waals surface area contributed by atoms with Gasteiger partial charge in [-0.1, -0.05) is 0 Å². The monoisotopic (exact) mass is 279 g/mol. The molecular formula is C14H18FN3O2. The summed E-state index contributed by atoms with van der Waals surface area (Å²) in [5, 5.41) is 8.59. The third-order valence-corrected chi connectivity index (χ3v) is 3.20. The molecule has 0 radical (unpaired) electrons. The predicted octanol–water partition coefficient (Wildman–Crippen LogP) is 0.281. The molecule has 2 amide bonds. The largest absolute Gasteiger partial charge is 0.356 e. The van der Waals surface area contributed by atoms with Crippen molar-refractivity contribution in [2.24, 2.45) is 5.92 Å². The molecule has 1 saturated heterocycles. The standard InChI is InChI=1S/C14H18FN3O2/c15-12-3-1-11(2-4-12)14(20)17-6-5-13(19)18-9-10-7-16-8-10/h1-4,10,16H,5-9H2,(H,17,20)(H,18,19). The Morgan fingerprint density at radius 3 is 2.50 bits per heavy atom. The number of hydrogen-bond donors (Lipinski definition) is 3. The summed E-state index contributed by atoms with van der Waals surface area (Å²) >= 11 is 0. The molecule has 1 heterocycles. The van der Waals surface area contributed by atoms with Crippen LogP contribution in [0.5, 0.6) is 0 Å². The Morgan fingerprint density at radius 2 is 1.90 bits per heavy atom. The van der Waals surface area contributed by atoms with E-state index >= 15 is 0 Å². The molecule has 1 aromatic rings. The van der Waals surface area contributed by atoms with Crippen LogP contribution in [0.4, 0.5) is 4.39 Å². The normalized spacial score (nSPS) is 14.4. The van der Waals surface area contributed by atoms with Gasteiger partial charge in [0.1, 0.15) is 5.82 Å². The lowest BCUT2D eigenvalue weighted by Gasteiger charge is -2.27. The average Bonchev–Trinajstić information content (AvgIpc) is 2.37. The van der Waals surface area contributed by atoms with Crippen molar-refractivity contribution in [3.63, 3.8) is 0 Å². The highest BCUT2D eigenvalue weighted by Gasteiger charge is 2.16. The Bertz CT molecular complexity index is 472. The molecule has 0 unspecified atom stereocenters. The molecule has 0 atom stereocenters. The molecule has 0 saturated carbocycles. The molecule has 0 aromatic heterocycles. The number of nitrogens with one attached hydrogen (secondary N) is 3. The highest BCUT2D eigenvalue weighted by atomic mass is 19.1. The van der Waals surface area contributed by atoms with Gasteiger partial charge in [0.15, 0.2) is 0 Å². The van der Waals surface area contributed by atoms with Crippen LogP contribution in [-0.4, -0.2) is 38.0 Å². The smallest absolute Gasteiger partial charge is 0.251 e. The number of hydrogen-bond acceptors (Lipinski definition) is 3. The predicted molar refractivity (Wildman–Crippen MR) is 72.7 cm³/mol. The summed E-state index contributed by atoms with van der Waals surface area (Å²) in [5.41, 5.74) is 0.382. The van der Waals surface area contributed by atoms with E-state index in [0.29, 0.717) is 18.0 Å². The van der Waals surface area contributed by atoms with Crippen molar-refractivity contribution in [1.82, 2.24) is 16.0 Å². The molecule has 3 N–H and O–H groups in total. The zero-order valence-corrected chi connectivity index (χ0v) is 11.1. The minimum atomic E-state index is -0.383. The van der Waals surface area contributed by atoms with Crippen molar-refractivity contribution in [3.8, 4) is 0 Å². The summed E-state index contributed by atoms with van der Waals surface area (Å²) < 4.78 is 12.7. The van der Waals surface area contributed by atoms with Gasteiger partial charge in [-0.25, -0.2) is 4.39 Å². The fourth-order valence-electron chi connectivity index (χ4n) is 1.83. The quantitative estimate of drug-likeness (QED) is 0.700. The fraction of sp³-hybridized carbons (Fsp3) is 0.429. The summed E-state index contributed by atoms with van der Waals surface area (Å²) in [6.45, 7) is 2.84. The second kappa shape index (κ2) is 7.00. The van der Waals surface area contributed by atoms with Crippen molar-refractivity contribution < 1.29 is 14.0 Å². The van der Waals surface area contributed by atoms with E-state index in [9.17, 15) is 14.0 Å². The zero-order valence-electron chi connectivity index (χ0n) is 11.1. The first-order valence-corrected chi connectivity index (χ1v) is 6.66. The third kappa shape index (κ3) is 4.31. The number of benzene rings is 1. The fourth-order valence-corrected chi connectivity index (χ4v) is 1.83. The second-order valence-corrected chi connectivity index (χ2v) is 4.84. The molecule has 0 bridgehead atoms. The Kier molecular flexibility index (Phi) is 5.06. The summed E-state index contributed by atoms with van der Waals surface area (Å²) in [7, 11) is 0. The highest BCUT2D eigenvalue weighted by molar-refractivity contribution is 5.94. The van der Waals surface area contributed by atoms with Crippen molar-refractivity contribution >= 4 is 11.8 Å². The van der Waals surface area contributed by atoms with Crippen LogP contribution < -0.4 is 16.0 Å². The van der Waals surface area contributed by atoms with E-state index < -0.39 is 0 Å². The molecule has 108 valence electrons. The topological polar surface area (TPSA) is 70.2 Å². The highest BCUT2D eigenvalue weighted by Crippen LogP contribution is 2.02. The first-order valence-electron chi connectivity index (χ1n) is 6.66. The van der Waals surface area contributed by atoms with Gasteiger partial charge in [-0.2, -0.15) is 0 Å². The van der Waals surface area contributed by atoms with Crippen LogP contribution in [0.3, 0.4) is 0 Å². The van der Waals surface area contributed by atoms with Crippen LogP contribution in [0.15, 0.2) is 24.3 Å². The van der Waals surface area contributed by atoms with Crippen molar-refractivity contribution in [3.05, 3.63) is 35.6 Å². The molecule has 5 nitrogen and oxygen atoms in total. The zero-order chi connectivity index (χ0) is 14.4. The maximum Gasteiger partial charge on any atom is 0.251 e.